The van der Waals surface area contributed by atoms with Crippen LogP contribution < -0.4 is 5.32 Å². The number of hydrogen-bond acceptors (Lipinski definition) is 3. The van der Waals surface area contributed by atoms with E-state index in [4.69, 9.17) is 4.74 Å². The Balaban J connectivity index is 1.67. The number of piperazine rings is 1. The van der Waals surface area contributed by atoms with E-state index in [0.29, 0.717) is 19.1 Å². The number of carbonyl (C=O) groups excluding carboxylic acids is 1. The normalized spacial score (nSPS) is 20.2. The zero-order valence-electron chi connectivity index (χ0n) is 11.4. The van der Waals surface area contributed by atoms with E-state index in [0.717, 1.165) is 31.7 Å². The topological polar surface area (TPSA) is 43.6 Å². The van der Waals surface area contributed by atoms with E-state index >= 15 is 0 Å². The van der Waals surface area contributed by atoms with Gasteiger partial charge in [0.1, 0.15) is 6.61 Å². The summed E-state index contributed by atoms with van der Waals surface area (Å²) in [6.07, 6.45) is 0.456. The Morgan fingerprint density at radius 2 is 2.21 bits per heavy atom. The maximum atomic E-state index is 11.7. The Morgan fingerprint density at radius 3 is 2.95 bits per heavy atom. The van der Waals surface area contributed by atoms with Crippen molar-refractivity contribution in [2.45, 2.75) is 26.0 Å². The highest BCUT2D eigenvalue weighted by Gasteiger charge is 2.19. The molecule has 1 atom stereocenters. The number of benzene rings is 1. The van der Waals surface area contributed by atoms with E-state index in [2.05, 4.69) is 17.1 Å². The van der Waals surface area contributed by atoms with Crippen LogP contribution in [0.5, 0.6) is 0 Å². The van der Waals surface area contributed by atoms with E-state index in [-0.39, 0.29) is 5.97 Å². The van der Waals surface area contributed by atoms with E-state index in [1.54, 1.807) is 0 Å². The van der Waals surface area contributed by atoms with Crippen LogP contribution in [0.2, 0.25) is 0 Å². The molecule has 1 unspecified atom stereocenters. The first-order valence-corrected chi connectivity index (χ1v) is 6.82. The molecular formula is C15H21N2O2. The van der Waals surface area contributed by atoms with E-state index < -0.39 is 0 Å². The van der Waals surface area contributed by atoms with Crippen molar-refractivity contribution in [3.8, 4) is 0 Å². The minimum absolute atomic E-state index is 0.126. The Labute approximate surface area is 114 Å². The Bertz CT molecular complexity index is 394. The standard InChI is InChI=1S/C15H21N2O2/c1-13-11-16-8-10-17(13)9-7-15(18)19-12-14-5-3-2-4-6-14/h2-6,13H,7-12H2,1H3. The summed E-state index contributed by atoms with van der Waals surface area (Å²) in [7, 11) is 0. The predicted molar refractivity (Wildman–Crippen MR) is 73.8 cm³/mol. The van der Waals surface area contributed by atoms with Crippen LogP contribution in [0, 0.1) is 0 Å². The van der Waals surface area contributed by atoms with Crippen molar-refractivity contribution in [1.29, 1.82) is 0 Å². The van der Waals surface area contributed by atoms with Crippen LogP contribution in [0.15, 0.2) is 30.3 Å². The van der Waals surface area contributed by atoms with Gasteiger partial charge in [0.2, 0.25) is 0 Å². The second-order valence-electron chi connectivity index (χ2n) is 4.91. The Kier molecular flexibility index (Phi) is 5.36. The third-order valence-corrected chi connectivity index (χ3v) is 3.41. The van der Waals surface area contributed by atoms with Gasteiger partial charge in [-0.1, -0.05) is 30.3 Å². The molecular weight excluding hydrogens is 240 g/mol. The molecule has 1 radical (unpaired) electrons. The minimum atomic E-state index is -0.126. The molecule has 1 fully saturated rings. The van der Waals surface area contributed by atoms with E-state index in [1.165, 1.54) is 0 Å². The molecule has 0 bridgehead atoms. The molecule has 4 heteroatoms. The quantitative estimate of drug-likeness (QED) is 0.753. The molecule has 0 spiro atoms. The molecule has 0 amide bonds. The summed E-state index contributed by atoms with van der Waals surface area (Å²) in [5.41, 5.74) is 1.03. The van der Waals surface area contributed by atoms with Crippen molar-refractivity contribution in [2.75, 3.05) is 26.2 Å². The summed E-state index contributed by atoms with van der Waals surface area (Å²) >= 11 is 0. The molecule has 1 saturated heterocycles. The molecule has 103 valence electrons. The average Bonchev–Trinajstić information content (AvgIpc) is 2.45. The fraction of sp³-hybridized carbons (Fsp3) is 0.533. The number of hydrogen-bond donors (Lipinski definition) is 0. The van der Waals surface area contributed by atoms with Gasteiger partial charge in [-0.3, -0.25) is 9.69 Å². The lowest BCUT2D eigenvalue weighted by molar-refractivity contribution is -0.145. The number of carbonyl (C=O) groups is 1. The van der Waals surface area contributed by atoms with E-state index in [9.17, 15) is 4.79 Å². The van der Waals surface area contributed by atoms with Gasteiger partial charge in [0.25, 0.3) is 0 Å². The number of nitrogens with zero attached hydrogens (tertiary/aromatic N) is 2. The first-order chi connectivity index (χ1) is 9.25. The van der Waals surface area contributed by atoms with Crippen molar-refractivity contribution >= 4 is 5.97 Å². The lowest BCUT2D eigenvalue weighted by Gasteiger charge is -2.32. The van der Waals surface area contributed by atoms with Gasteiger partial charge in [0.05, 0.1) is 6.42 Å². The Hall–Kier alpha value is -1.39. The summed E-state index contributed by atoms with van der Waals surface area (Å²) in [6.45, 7) is 5.99. The van der Waals surface area contributed by atoms with Crippen molar-refractivity contribution in [3.63, 3.8) is 0 Å². The molecule has 0 N–H and O–H groups in total. The smallest absolute Gasteiger partial charge is 0.307 e. The lowest BCUT2D eigenvalue weighted by atomic mass is 10.2. The van der Waals surface area contributed by atoms with Gasteiger partial charge in [-0.25, -0.2) is 5.32 Å². The first-order valence-electron chi connectivity index (χ1n) is 6.82. The second-order valence-corrected chi connectivity index (χ2v) is 4.91. The number of rotatable bonds is 5. The van der Waals surface area contributed by atoms with Gasteiger partial charge < -0.3 is 4.74 Å². The molecule has 1 aromatic rings. The first kappa shape index (κ1) is 14.0. The largest absolute Gasteiger partial charge is 0.461 e. The number of ether oxygens (including phenoxy) is 1. The molecule has 1 aliphatic rings. The van der Waals surface area contributed by atoms with Crippen molar-refractivity contribution in [2.24, 2.45) is 0 Å². The molecule has 1 aromatic carbocycles. The van der Waals surface area contributed by atoms with Gasteiger partial charge in [-0.2, -0.15) is 0 Å². The monoisotopic (exact) mass is 261 g/mol. The van der Waals surface area contributed by atoms with Gasteiger partial charge in [0, 0.05) is 32.2 Å². The molecule has 0 aliphatic carbocycles. The molecule has 2 rings (SSSR count). The summed E-state index contributed by atoms with van der Waals surface area (Å²) in [4.78, 5) is 14.0. The van der Waals surface area contributed by atoms with Gasteiger partial charge in [0.15, 0.2) is 0 Å². The van der Waals surface area contributed by atoms with Gasteiger partial charge in [-0.05, 0) is 12.5 Å². The van der Waals surface area contributed by atoms with Crippen LogP contribution in [0.3, 0.4) is 0 Å². The highest BCUT2D eigenvalue weighted by molar-refractivity contribution is 5.69. The minimum Gasteiger partial charge on any atom is -0.461 e. The molecule has 0 saturated carbocycles. The Morgan fingerprint density at radius 1 is 1.42 bits per heavy atom. The van der Waals surface area contributed by atoms with Crippen LogP contribution >= 0.6 is 0 Å². The third kappa shape index (κ3) is 4.65. The molecule has 1 aliphatic heterocycles. The maximum Gasteiger partial charge on any atom is 0.307 e. The molecule has 4 nitrogen and oxygen atoms in total. The van der Waals surface area contributed by atoms with E-state index in [1.807, 2.05) is 30.3 Å². The molecule has 1 heterocycles. The lowest BCUT2D eigenvalue weighted by Crippen LogP contribution is -2.47. The predicted octanol–water partition coefficient (Wildman–Crippen LogP) is 1.43. The summed E-state index contributed by atoms with van der Waals surface area (Å²) in [6, 6.07) is 10.2. The zero-order chi connectivity index (χ0) is 13.5. The van der Waals surface area contributed by atoms with Gasteiger partial charge in [-0.15, -0.1) is 0 Å². The summed E-state index contributed by atoms with van der Waals surface area (Å²) < 4.78 is 5.27. The van der Waals surface area contributed by atoms with Crippen molar-refractivity contribution in [1.82, 2.24) is 10.2 Å². The third-order valence-electron chi connectivity index (χ3n) is 3.41. The summed E-state index contributed by atoms with van der Waals surface area (Å²) in [5, 5.41) is 4.35. The fourth-order valence-corrected chi connectivity index (χ4v) is 2.19. The highest BCUT2D eigenvalue weighted by atomic mass is 16.5. The van der Waals surface area contributed by atoms with Gasteiger partial charge >= 0.3 is 5.97 Å². The summed E-state index contributed by atoms with van der Waals surface area (Å²) in [5.74, 6) is -0.126. The average molecular weight is 261 g/mol. The fourth-order valence-electron chi connectivity index (χ4n) is 2.19. The van der Waals surface area contributed by atoms with Crippen molar-refractivity contribution in [3.05, 3.63) is 35.9 Å². The van der Waals surface area contributed by atoms with Crippen LogP contribution in [0.25, 0.3) is 0 Å². The second kappa shape index (κ2) is 7.26. The molecule has 0 aromatic heterocycles. The van der Waals surface area contributed by atoms with Crippen LogP contribution in [-0.2, 0) is 16.1 Å². The van der Waals surface area contributed by atoms with Crippen LogP contribution in [-0.4, -0.2) is 43.1 Å². The van der Waals surface area contributed by atoms with Crippen LogP contribution in [0.4, 0.5) is 0 Å². The SMILES string of the molecule is CC1C[N]CCN1CCC(=O)OCc1ccccc1. The van der Waals surface area contributed by atoms with Crippen molar-refractivity contribution < 1.29 is 9.53 Å². The number of esters is 1. The van der Waals surface area contributed by atoms with Crippen LogP contribution in [0.1, 0.15) is 18.9 Å². The maximum absolute atomic E-state index is 11.7. The zero-order valence-corrected chi connectivity index (χ0v) is 11.4. The molecule has 19 heavy (non-hydrogen) atoms. The highest BCUT2D eigenvalue weighted by Crippen LogP contribution is 2.06.